The first-order valence-electron chi connectivity index (χ1n) is 10.5. The fraction of sp³-hybridized carbons (Fsp3) is 0.391. The summed E-state index contributed by atoms with van der Waals surface area (Å²) >= 11 is 1.44. The maximum absolute atomic E-state index is 13.8. The minimum atomic E-state index is -0.300. The van der Waals surface area contributed by atoms with E-state index in [1.165, 1.54) is 23.5 Å². The second kappa shape index (κ2) is 8.00. The summed E-state index contributed by atoms with van der Waals surface area (Å²) in [7, 11) is 0. The highest BCUT2D eigenvalue weighted by Crippen LogP contribution is 2.47. The number of hydrogen-bond donors (Lipinski definition) is 0. The topological polar surface area (TPSA) is 68.2 Å². The van der Waals surface area contributed by atoms with E-state index in [0.29, 0.717) is 40.6 Å². The van der Waals surface area contributed by atoms with E-state index in [1.807, 2.05) is 11.8 Å². The Morgan fingerprint density at radius 3 is 2.65 bits per heavy atom. The normalized spacial score (nSPS) is 24.5. The van der Waals surface area contributed by atoms with Crippen LogP contribution in [0.3, 0.4) is 0 Å². The molecule has 2 bridgehead atoms. The van der Waals surface area contributed by atoms with Gasteiger partial charge in [0.1, 0.15) is 23.1 Å². The molecule has 3 aromatic rings. The fourth-order valence-corrected chi connectivity index (χ4v) is 5.51. The molecule has 6 nitrogen and oxygen atoms in total. The quantitative estimate of drug-likeness (QED) is 0.592. The van der Waals surface area contributed by atoms with Crippen LogP contribution >= 0.6 is 11.3 Å². The SMILES string of the molecule is Cc1nc(C(=O)N2C3CC(C3)[C@H](C)[C@H]2COc2ccc(F)cc2)c(-c2ncccn2)s1. The van der Waals surface area contributed by atoms with Crippen molar-refractivity contribution >= 4 is 17.2 Å². The predicted octanol–water partition coefficient (Wildman–Crippen LogP) is 4.37. The summed E-state index contributed by atoms with van der Waals surface area (Å²) in [6, 6.07) is 7.87. The van der Waals surface area contributed by atoms with Crippen LogP contribution in [-0.2, 0) is 0 Å². The number of carbonyl (C=O) groups is 1. The number of thiazole rings is 1. The molecule has 8 heteroatoms. The predicted molar refractivity (Wildman–Crippen MR) is 115 cm³/mol. The van der Waals surface area contributed by atoms with Crippen molar-refractivity contribution in [1.29, 1.82) is 0 Å². The van der Waals surface area contributed by atoms with Crippen LogP contribution in [0.5, 0.6) is 5.75 Å². The van der Waals surface area contributed by atoms with Crippen LogP contribution in [0.2, 0.25) is 0 Å². The second-order valence-electron chi connectivity index (χ2n) is 8.27. The van der Waals surface area contributed by atoms with Gasteiger partial charge in [0.15, 0.2) is 11.5 Å². The minimum Gasteiger partial charge on any atom is -0.491 e. The third-order valence-electron chi connectivity index (χ3n) is 6.43. The molecule has 160 valence electrons. The van der Waals surface area contributed by atoms with Gasteiger partial charge in [-0.05, 0) is 61.9 Å². The molecule has 2 aromatic heterocycles. The van der Waals surface area contributed by atoms with Crippen LogP contribution in [-0.4, -0.2) is 44.4 Å². The van der Waals surface area contributed by atoms with Gasteiger partial charge in [0, 0.05) is 18.4 Å². The summed E-state index contributed by atoms with van der Waals surface area (Å²) in [5, 5.41) is 0.807. The van der Waals surface area contributed by atoms with Crippen molar-refractivity contribution in [2.75, 3.05) is 6.61 Å². The lowest BCUT2D eigenvalue weighted by molar-refractivity contribution is -0.0672. The number of carbonyl (C=O) groups excluding carboxylic acids is 1. The molecule has 1 aromatic carbocycles. The van der Waals surface area contributed by atoms with Crippen LogP contribution in [0.1, 0.15) is 35.3 Å². The largest absolute Gasteiger partial charge is 0.491 e. The number of fused-ring (bicyclic) bond motifs is 2. The minimum absolute atomic E-state index is 0.0680. The maximum atomic E-state index is 13.8. The van der Waals surface area contributed by atoms with Gasteiger partial charge in [0.2, 0.25) is 0 Å². The molecule has 1 saturated carbocycles. The van der Waals surface area contributed by atoms with Crippen molar-refractivity contribution in [3.8, 4) is 16.5 Å². The van der Waals surface area contributed by atoms with Gasteiger partial charge in [-0.15, -0.1) is 11.3 Å². The first-order chi connectivity index (χ1) is 15.0. The molecule has 3 aliphatic rings. The monoisotopic (exact) mass is 438 g/mol. The van der Waals surface area contributed by atoms with Crippen LogP contribution < -0.4 is 4.74 Å². The Kier molecular flexibility index (Phi) is 5.17. The Hall–Kier alpha value is -2.87. The molecular formula is C23H23FN4O2S. The molecule has 3 fully saturated rings. The van der Waals surface area contributed by atoms with E-state index in [-0.39, 0.29) is 23.8 Å². The molecule has 31 heavy (non-hydrogen) atoms. The van der Waals surface area contributed by atoms with E-state index < -0.39 is 0 Å². The second-order valence-corrected chi connectivity index (χ2v) is 9.48. The third-order valence-corrected chi connectivity index (χ3v) is 7.39. The van der Waals surface area contributed by atoms with Crippen LogP contribution in [0, 0.1) is 24.6 Å². The molecule has 1 amide bonds. The lowest BCUT2D eigenvalue weighted by atomic mass is 9.64. The van der Waals surface area contributed by atoms with E-state index in [9.17, 15) is 9.18 Å². The van der Waals surface area contributed by atoms with Gasteiger partial charge in [0.25, 0.3) is 5.91 Å². The summed E-state index contributed by atoms with van der Waals surface area (Å²) in [5.41, 5.74) is 0.415. The molecule has 2 aliphatic heterocycles. The summed E-state index contributed by atoms with van der Waals surface area (Å²) in [4.78, 5) is 29.7. The smallest absolute Gasteiger partial charge is 0.274 e. The Labute approximate surface area is 184 Å². The van der Waals surface area contributed by atoms with E-state index in [1.54, 1.807) is 30.6 Å². The highest BCUT2D eigenvalue weighted by molar-refractivity contribution is 7.15. The van der Waals surface area contributed by atoms with Crippen molar-refractivity contribution in [2.24, 2.45) is 11.8 Å². The summed E-state index contributed by atoms with van der Waals surface area (Å²) in [5.74, 6) is 1.64. The Morgan fingerprint density at radius 1 is 1.23 bits per heavy atom. The summed E-state index contributed by atoms with van der Waals surface area (Å²) in [6.45, 7) is 4.44. The Bertz CT molecular complexity index is 1080. The molecule has 4 heterocycles. The van der Waals surface area contributed by atoms with E-state index in [2.05, 4.69) is 21.9 Å². The zero-order chi connectivity index (χ0) is 21.5. The van der Waals surface area contributed by atoms with Crippen molar-refractivity contribution < 1.29 is 13.9 Å². The van der Waals surface area contributed by atoms with Crippen molar-refractivity contribution in [3.63, 3.8) is 0 Å². The Morgan fingerprint density at radius 2 is 1.94 bits per heavy atom. The molecule has 2 saturated heterocycles. The summed E-state index contributed by atoms with van der Waals surface area (Å²) < 4.78 is 19.2. The average molecular weight is 439 g/mol. The van der Waals surface area contributed by atoms with Gasteiger partial charge in [0.05, 0.1) is 11.0 Å². The molecule has 0 unspecified atom stereocenters. The highest BCUT2D eigenvalue weighted by atomic mass is 32.1. The molecule has 1 aliphatic carbocycles. The maximum Gasteiger partial charge on any atom is 0.274 e. The lowest BCUT2D eigenvalue weighted by Crippen LogP contribution is -2.64. The fourth-order valence-electron chi connectivity index (χ4n) is 4.65. The molecule has 0 spiro atoms. The number of piperidine rings is 2. The number of rotatable bonds is 5. The highest BCUT2D eigenvalue weighted by Gasteiger charge is 2.51. The zero-order valence-corrected chi connectivity index (χ0v) is 18.2. The van der Waals surface area contributed by atoms with Gasteiger partial charge < -0.3 is 9.64 Å². The molecule has 0 radical (unpaired) electrons. The van der Waals surface area contributed by atoms with Gasteiger partial charge >= 0.3 is 0 Å². The van der Waals surface area contributed by atoms with E-state index in [4.69, 9.17) is 4.74 Å². The van der Waals surface area contributed by atoms with Gasteiger partial charge in [-0.1, -0.05) is 6.92 Å². The number of ether oxygens (including phenoxy) is 1. The first-order valence-corrected chi connectivity index (χ1v) is 11.3. The third kappa shape index (κ3) is 3.69. The molecule has 0 N–H and O–H groups in total. The molecule has 6 rings (SSSR count). The summed E-state index contributed by atoms with van der Waals surface area (Å²) in [6.07, 6.45) is 5.37. The number of benzene rings is 1. The number of nitrogens with zero attached hydrogens (tertiary/aromatic N) is 4. The lowest BCUT2D eigenvalue weighted by Gasteiger charge is -2.57. The van der Waals surface area contributed by atoms with Crippen molar-refractivity contribution in [3.05, 3.63) is 59.2 Å². The number of aryl methyl sites for hydroxylation is 1. The van der Waals surface area contributed by atoms with Gasteiger partial charge in [-0.3, -0.25) is 4.79 Å². The van der Waals surface area contributed by atoms with Gasteiger partial charge in [-0.2, -0.15) is 0 Å². The number of halogens is 1. The first kappa shape index (κ1) is 20.1. The van der Waals surface area contributed by atoms with Gasteiger partial charge in [-0.25, -0.2) is 19.3 Å². The van der Waals surface area contributed by atoms with Crippen molar-refractivity contribution in [2.45, 2.75) is 38.8 Å². The number of amides is 1. The molecule has 2 atom stereocenters. The van der Waals surface area contributed by atoms with Crippen molar-refractivity contribution in [1.82, 2.24) is 19.9 Å². The van der Waals surface area contributed by atoms with Crippen LogP contribution in [0.25, 0.3) is 10.7 Å². The number of aromatic nitrogens is 3. The van der Waals surface area contributed by atoms with Crippen LogP contribution in [0.4, 0.5) is 4.39 Å². The zero-order valence-electron chi connectivity index (χ0n) is 17.4. The Balaban J connectivity index is 1.43. The van der Waals surface area contributed by atoms with Crippen LogP contribution in [0.15, 0.2) is 42.7 Å². The van der Waals surface area contributed by atoms with E-state index >= 15 is 0 Å². The van der Waals surface area contributed by atoms with E-state index in [0.717, 1.165) is 17.8 Å². The standard InChI is InChI=1S/C23H23FN4O2S/c1-13-15-10-17(11-15)28(19(13)12-30-18-6-4-16(24)5-7-18)23(29)20-21(31-14(2)27-20)22-25-8-3-9-26-22/h3-9,13,15,17,19H,10-12H2,1-2H3/t13-,15?,17?,19+/m0/s1. The molecular weight excluding hydrogens is 415 g/mol. The average Bonchev–Trinajstić information content (AvgIpc) is 3.14. The number of hydrogen-bond acceptors (Lipinski definition) is 6.